The minimum absolute atomic E-state index is 0.0718. The van der Waals surface area contributed by atoms with Crippen molar-refractivity contribution in [3.8, 4) is 12.3 Å². The summed E-state index contributed by atoms with van der Waals surface area (Å²) in [6.07, 6.45) is 4.95. The van der Waals surface area contributed by atoms with Crippen LogP contribution in [0.15, 0.2) is 24.3 Å². The van der Waals surface area contributed by atoms with Crippen molar-refractivity contribution in [3.63, 3.8) is 0 Å². The molecule has 4 nitrogen and oxygen atoms in total. The summed E-state index contributed by atoms with van der Waals surface area (Å²) in [5.74, 6) is 1.22. The molecule has 82 valence electrons. The first-order chi connectivity index (χ1) is 7.69. The summed E-state index contributed by atoms with van der Waals surface area (Å²) in [4.78, 5) is 22.4. The van der Waals surface area contributed by atoms with E-state index in [1.54, 1.807) is 0 Å². The third-order valence-corrected chi connectivity index (χ3v) is 1.83. The van der Waals surface area contributed by atoms with Gasteiger partial charge in [0.1, 0.15) is 0 Å². The Kier molecular flexibility index (Phi) is 4.10. The molecule has 0 N–H and O–H groups in total. The molecule has 0 atom stereocenters. The summed E-state index contributed by atoms with van der Waals surface area (Å²) >= 11 is 0. The van der Waals surface area contributed by atoms with Crippen molar-refractivity contribution in [1.29, 1.82) is 0 Å². The summed E-state index contributed by atoms with van der Waals surface area (Å²) in [5.41, 5.74) is 0.707. The SMILES string of the molecule is C#CCOC(=O)c1ccc(C(=O)OC)cc1. The van der Waals surface area contributed by atoms with Gasteiger partial charge in [-0.3, -0.25) is 0 Å². The first-order valence-corrected chi connectivity index (χ1v) is 4.48. The second-order valence-corrected chi connectivity index (χ2v) is 2.85. The van der Waals surface area contributed by atoms with Crippen LogP contribution in [0.2, 0.25) is 0 Å². The van der Waals surface area contributed by atoms with E-state index in [-0.39, 0.29) is 6.61 Å². The van der Waals surface area contributed by atoms with Crippen LogP contribution in [0.3, 0.4) is 0 Å². The molecule has 0 fully saturated rings. The van der Waals surface area contributed by atoms with Crippen molar-refractivity contribution in [2.75, 3.05) is 13.7 Å². The molecule has 0 spiro atoms. The van der Waals surface area contributed by atoms with Gasteiger partial charge in [0.05, 0.1) is 18.2 Å². The van der Waals surface area contributed by atoms with E-state index < -0.39 is 11.9 Å². The maximum absolute atomic E-state index is 11.3. The number of carbonyl (C=O) groups excluding carboxylic acids is 2. The first-order valence-electron chi connectivity index (χ1n) is 4.48. The highest BCUT2D eigenvalue weighted by molar-refractivity contribution is 5.93. The molecule has 0 aliphatic heterocycles. The lowest BCUT2D eigenvalue weighted by molar-refractivity contribution is 0.0552. The highest BCUT2D eigenvalue weighted by Gasteiger charge is 2.09. The Labute approximate surface area is 93.2 Å². The second kappa shape index (κ2) is 5.56. The van der Waals surface area contributed by atoms with Crippen molar-refractivity contribution in [1.82, 2.24) is 0 Å². The topological polar surface area (TPSA) is 52.6 Å². The Bertz CT molecular complexity index is 425. The van der Waals surface area contributed by atoms with Crippen molar-refractivity contribution in [2.24, 2.45) is 0 Å². The summed E-state index contributed by atoms with van der Waals surface area (Å²) in [5, 5.41) is 0. The Morgan fingerprint density at radius 2 is 1.69 bits per heavy atom. The lowest BCUT2D eigenvalue weighted by Gasteiger charge is -2.02. The van der Waals surface area contributed by atoms with Gasteiger partial charge < -0.3 is 9.47 Å². The van der Waals surface area contributed by atoms with E-state index in [0.29, 0.717) is 11.1 Å². The number of ether oxygens (including phenoxy) is 2. The van der Waals surface area contributed by atoms with Gasteiger partial charge in [0.25, 0.3) is 0 Å². The lowest BCUT2D eigenvalue weighted by atomic mass is 10.1. The van der Waals surface area contributed by atoms with Crippen LogP contribution in [0.4, 0.5) is 0 Å². The van der Waals surface area contributed by atoms with Crippen molar-refractivity contribution in [2.45, 2.75) is 0 Å². The highest BCUT2D eigenvalue weighted by atomic mass is 16.5. The molecule has 0 unspecified atom stereocenters. The van der Waals surface area contributed by atoms with Gasteiger partial charge in [-0.2, -0.15) is 0 Å². The molecule has 0 bridgehead atoms. The van der Waals surface area contributed by atoms with E-state index in [4.69, 9.17) is 11.2 Å². The van der Waals surface area contributed by atoms with E-state index in [1.165, 1.54) is 31.4 Å². The van der Waals surface area contributed by atoms with E-state index >= 15 is 0 Å². The van der Waals surface area contributed by atoms with Crippen molar-refractivity contribution < 1.29 is 19.1 Å². The zero-order chi connectivity index (χ0) is 12.0. The third-order valence-electron chi connectivity index (χ3n) is 1.83. The van der Waals surface area contributed by atoms with Crippen LogP contribution in [0.5, 0.6) is 0 Å². The fourth-order valence-electron chi connectivity index (χ4n) is 1.05. The zero-order valence-electron chi connectivity index (χ0n) is 8.73. The minimum atomic E-state index is -0.519. The number of methoxy groups -OCH3 is 1. The highest BCUT2D eigenvalue weighted by Crippen LogP contribution is 2.06. The molecule has 0 heterocycles. The number of rotatable bonds is 3. The molecule has 0 radical (unpaired) electrons. The average molecular weight is 218 g/mol. The number of esters is 2. The molecule has 16 heavy (non-hydrogen) atoms. The molecule has 0 amide bonds. The van der Waals surface area contributed by atoms with E-state index in [9.17, 15) is 9.59 Å². The molecule has 0 aromatic heterocycles. The maximum Gasteiger partial charge on any atom is 0.339 e. The third kappa shape index (κ3) is 2.85. The van der Waals surface area contributed by atoms with Crippen LogP contribution in [0.25, 0.3) is 0 Å². The molecule has 0 saturated carbocycles. The van der Waals surface area contributed by atoms with Crippen LogP contribution in [0.1, 0.15) is 20.7 Å². The molecule has 1 aromatic rings. The Balaban J connectivity index is 2.75. The van der Waals surface area contributed by atoms with E-state index in [0.717, 1.165) is 0 Å². The van der Waals surface area contributed by atoms with Gasteiger partial charge in [0, 0.05) is 0 Å². The smallest absolute Gasteiger partial charge is 0.339 e. The quantitative estimate of drug-likeness (QED) is 0.566. The molecule has 0 aliphatic rings. The predicted octanol–water partition coefficient (Wildman–Crippen LogP) is 1.26. The Hall–Kier alpha value is -2.28. The number of carbonyl (C=O) groups is 2. The van der Waals surface area contributed by atoms with Gasteiger partial charge in [0.2, 0.25) is 0 Å². The molecule has 0 aliphatic carbocycles. The van der Waals surface area contributed by atoms with E-state index in [2.05, 4.69) is 10.7 Å². The largest absolute Gasteiger partial charge is 0.465 e. The van der Waals surface area contributed by atoms with Gasteiger partial charge in [-0.25, -0.2) is 9.59 Å². The summed E-state index contributed by atoms with van der Waals surface area (Å²) in [6, 6.07) is 5.92. The minimum Gasteiger partial charge on any atom is -0.465 e. The van der Waals surface area contributed by atoms with Crippen LogP contribution >= 0.6 is 0 Å². The molecule has 1 aromatic carbocycles. The zero-order valence-corrected chi connectivity index (χ0v) is 8.73. The van der Waals surface area contributed by atoms with Gasteiger partial charge in [-0.15, -0.1) is 6.42 Å². The molecule has 1 rings (SSSR count). The van der Waals surface area contributed by atoms with Gasteiger partial charge in [-0.05, 0) is 24.3 Å². The summed E-state index contributed by atoms with van der Waals surface area (Å²) in [6.45, 7) is -0.0718. The molecular formula is C12H10O4. The number of hydrogen-bond acceptors (Lipinski definition) is 4. The average Bonchev–Trinajstić information content (AvgIpc) is 2.35. The lowest BCUT2D eigenvalue weighted by Crippen LogP contribution is -2.06. The predicted molar refractivity (Wildman–Crippen MR) is 56.9 cm³/mol. The monoisotopic (exact) mass is 218 g/mol. The first kappa shape index (κ1) is 11.8. The standard InChI is InChI=1S/C12H10O4/c1-3-8-16-12(14)10-6-4-9(5-7-10)11(13)15-2/h1,4-7H,8H2,2H3. The molecule has 4 heteroatoms. The molecule has 0 saturated heterocycles. The Morgan fingerprint density at radius 3 is 2.12 bits per heavy atom. The Morgan fingerprint density at radius 1 is 1.19 bits per heavy atom. The van der Waals surface area contributed by atoms with Gasteiger partial charge in [-0.1, -0.05) is 5.92 Å². The molecular weight excluding hydrogens is 208 g/mol. The number of benzene rings is 1. The van der Waals surface area contributed by atoms with E-state index in [1.807, 2.05) is 0 Å². The summed E-state index contributed by atoms with van der Waals surface area (Å²) in [7, 11) is 1.29. The summed E-state index contributed by atoms with van der Waals surface area (Å²) < 4.78 is 9.23. The van der Waals surface area contributed by atoms with Crippen LogP contribution in [-0.4, -0.2) is 25.7 Å². The fraction of sp³-hybridized carbons (Fsp3) is 0.167. The normalized spacial score (nSPS) is 9.00. The van der Waals surface area contributed by atoms with Gasteiger partial charge >= 0.3 is 11.9 Å². The van der Waals surface area contributed by atoms with Crippen LogP contribution < -0.4 is 0 Å². The van der Waals surface area contributed by atoms with Crippen LogP contribution in [-0.2, 0) is 9.47 Å². The van der Waals surface area contributed by atoms with Crippen molar-refractivity contribution in [3.05, 3.63) is 35.4 Å². The van der Waals surface area contributed by atoms with Crippen molar-refractivity contribution >= 4 is 11.9 Å². The van der Waals surface area contributed by atoms with Gasteiger partial charge in [0.15, 0.2) is 6.61 Å². The number of terminal acetylenes is 1. The maximum atomic E-state index is 11.3. The van der Waals surface area contributed by atoms with Crippen LogP contribution in [0, 0.1) is 12.3 Å². The number of hydrogen-bond donors (Lipinski definition) is 0. The second-order valence-electron chi connectivity index (χ2n) is 2.85. The fourth-order valence-corrected chi connectivity index (χ4v) is 1.05.